The second kappa shape index (κ2) is 12.7. The van der Waals surface area contributed by atoms with Gasteiger partial charge in [-0.3, -0.25) is 9.79 Å². The molecule has 0 bridgehead atoms. The SMILES string of the molecule is CN=C(NCc1nccn1Cc1ccccc1)NC1CCCC(C(=O)NC(C)C)C1.I. The minimum absolute atomic E-state index is 0. The van der Waals surface area contributed by atoms with Crippen LogP contribution in [0, 0.1) is 5.92 Å². The monoisotopic (exact) mass is 538 g/mol. The number of hydrogen-bond donors (Lipinski definition) is 3. The maximum atomic E-state index is 12.4. The number of halogens is 1. The molecule has 170 valence electrons. The van der Waals surface area contributed by atoms with Crippen LogP contribution in [0.5, 0.6) is 0 Å². The zero-order chi connectivity index (χ0) is 21.3. The molecule has 2 unspecified atom stereocenters. The fourth-order valence-electron chi connectivity index (χ4n) is 3.94. The number of nitrogens with zero attached hydrogens (tertiary/aromatic N) is 3. The van der Waals surface area contributed by atoms with Crippen molar-refractivity contribution >= 4 is 35.8 Å². The Kier molecular flexibility index (Phi) is 10.3. The van der Waals surface area contributed by atoms with Gasteiger partial charge in [0, 0.05) is 44.0 Å². The number of imidazole rings is 1. The van der Waals surface area contributed by atoms with Gasteiger partial charge in [-0.25, -0.2) is 4.98 Å². The number of hydrogen-bond acceptors (Lipinski definition) is 3. The van der Waals surface area contributed by atoms with Crippen LogP contribution in [0.1, 0.15) is 50.9 Å². The average molecular weight is 538 g/mol. The molecule has 1 aromatic heterocycles. The predicted molar refractivity (Wildman–Crippen MR) is 136 cm³/mol. The summed E-state index contributed by atoms with van der Waals surface area (Å²) in [6.45, 7) is 5.39. The molecule has 2 aromatic rings. The number of amides is 1. The highest BCUT2D eigenvalue weighted by atomic mass is 127. The Morgan fingerprint density at radius 1 is 1.26 bits per heavy atom. The summed E-state index contributed by atoms with van der Waals surface area (Å²) in [5.74, 6) is 1.95. The van der Waals surface area contributed by atoms with Gasteiger partial charge >= 0.3 is 0 Å². The van der Waals surface area contributed by atoms with E-state index in [1.165, 1.54) is 5.56 Å². The van der Waals surface area contributed by atoms with Crippen LogP contribution in [0.3, 0.4) is 0 Å². The van der Waals surface area contributed by atoms with Gasteiger partial charge in [0.05, 0.1) is 6.54 Å². The van der Waals surface area contributed by atoms with E-state index in [4.69, 9.17) is 0 Å². The van der Waals surface area contributed by atoms with Crippen LogP contribution in [-0.4, -0.2) is 40.5 Å². The summed E-state index contributed by atoms with van der Waals surface area (Å²) in [6.07, 6.45) is 7.72. The van der Waals surface area contributed by atoms with Crippen molar-refractivity contribution in [1.82, 2.24) is 25.5 Å². The third-order valence-electron chi connectivity index (χ3n) is 5.45. The van der Waals surface area contributed by atoms with Gasteiger partial charge in [0.1, 0.15) is 5.82 Å². The van der Waals surface area contributed by atoms with Gasteiger partial charge in [-0.15, -0.1) is 24.0 Å². The van der Waals surface area contributed by atoms with E-state index in [-0.39, 0.29) is 47.9 Å². The van der Waals surface area contributed by atoms with Crippen molar-refractivity contribution < 1.29 is 4.79 Å². The first kappa shape index (κ1) is 25.2. The van der Waals surface area contributed by atoms with Crippen LogP contribution < -0.4 is 16.0 Å². The van der Waals surface area contributed by atoms with Crippen molar-refractivity contribution in [2.45, 2.75) is 64.7 Å². The Hall–Kier alpha value is -2.10. The molecule has 1 aromatic carbocycles. The molecular formula is C23H35IN6O. The summed E-state index contributed by atoms with van der Waals surface area (Å²) >= 11 is 0. The Bertz CT molecular complexity index is 836. The van der Waals surface area contributed by atoms with Gasteiger partial charge < -0.3 is 20.5 Å². The highest BCUT2D eigenvalue weighted by Crippen LogP contribution is 2.24. The summed E-state index contributed by atoms with van der Waals surface area (Å²) in [7, 11) is 1.78. The highest BCUT2D eigenvalue weighted by molar-refractivity contribution is 14.0. The lowest BCUT2D eigenvalue weighted by atomic mass is 9.85. The van der Waals surface area contributed by atoms with Gasteiger partial charge in [0.25, 0.3) is 0 Å². The number of aromatic nitrogens is 2. The molecule has 1 saturated carbocycles. The van der Waals surface area contributed by atoms with Gasteiger partial charge in [-0.1, -0.05) is 36.8 Å². The molecule has 1 fully saturated rings. The fourth-order valence-corrected chi connectivity index (χ4v) is 3.94. The van der Waals surface area contributed by atoms with Crippen molar-refractivity contribution in [1.29, 1.82) is 0 Å². The van der Waals surface area contributed by atoms with Crippen LogP contribution in [0.15, 0.2) is 47.7 Å². The first-order valence-corrected chi connectivity index (χ1v) is 10.9. The number of carbonyl (C=O) groups is 1. The van der Waals surface area contributed by atoms with Crippen LogP contribution >= 0.6 is 24.0 Å². The summed E-state index contributed by atoms with van der Waals surface area (Å²) < 4.78 is 2.14. The van der Waals surface area contributed by atoms with Gasteiger partial charge in [-0.05, 0) is 38.7 Å². The van der Waals surface area contributed by atoms with Gasteiger partial charge in [0.15, 0.2) is 5.96 Å². The third kappa shape index (κ3) is 7.83. The summed E-state index contributed by atoms with van der Waals surface area (Å²) in [5, 5.41) is 9.92. The maximum absolute atomic E-state index is 12.4. The van der Waals surface area contributed by atoms with Crippen LogP contribution in [0.2, 0.25) is 0 Å². The second-order valence-electron chi connectivity index (χ2n) is 8.25. The van der Waals surface area contributed by atoms with E-state index >= 15 is 0 Å². The lowest BCUT2D eigenvalue weighted by Crippen LogP contribution is -2.47. The molecule has 1 amide bonds. The predicted octanol–water partition coefficient (Wildman–Crippen LogP) is 3.30. The van der Waals surface area contributed by atoms with E-state index in [1.54, 1.807) is 7.05 Å². The van der Waals surface area contributed by atoms with E-state index in [0.717, 1.165) is 44.0 Å². The number of guanidine groups is 1. The number of aliphatic imine (C=N–C) groups is 1. The Balaban J connectivity index is 0.00000341. The molecule has 1 aliphatic rings. The smallest absolute Gasteiger partial charge is 0.223 e. The minimum Gasteiger partial charge on any atom is -0.354 e. The molecule has 7 nitrogen and oxygen atoms in total. The molecule has 3 rings (SSSR count). The maximum Gasteiger partial charge on any atom is 0.223 e. The molecule has 0 aliphatic heterocycles. The van der Waals surface area contributed by atoms with E-state index in [0.29, 0.717) is 6.54 Å². The molecule has 8 heteroatoms. The standard InChI is InChI=1S/C23H34N6O.HI/c1-17(2)27-22(30)19-10-7-11-20(14-19)28-23(24-3)26-15-21-25-12-13-29(21)16-18-8-5-4-6-9-18;/h4-6,8-9,12-13,17,19-20H,7,10-11,14-16H2,1-3H3,(H,27,30)(H2,24,26,28);1H. The molecule has 0 radical (unpaired) electrons. The van der Waals surface area contributed by atoms with Crippen molar-refractivity contribution in [3.63, 3.8) is 0 Å². The van der Waals surface area contributed by atoms with Crippen molar-refractivity contribution in [3.05, 3.63) is 54.1 Å². The normalized spacial score (nSPS) is 18.9. The van der Waals surface area contributed by atoms with E-state index < -0.39 is 0 Å². The number of rotatable bonds is 7. The number of benzene rings is 1. The molecule has 1 aliphatic carbocycles. The molecule has 1 heterocycles. The number of nitrogens with one attached hydrogen (secondary N) is 3. The zero-order valence-electron chi connectivity index (χ0n) is 18.7. The molecule has 2 atom stereocenters. The summed E-state index contributed by atoms with van der Waals surface area (Å²) in [6, 6.07) is 10.8. The lowest BCUT2D eigenvalue weighted by molar-refractivity contribution is -0.126. The first-order valence-electron chi connectivity index (χ1n) is 10.9. The quantitative estimate of drug-likeness (QED) is 0.287. The molecule has 3 N–H and O–H groups in total. The Morgan fingerprint density at radius 2 is 2.03 bits per heavy atom. The third-order valence-corrected chi connectivity index (χ3v) is 5.45. The zero-order valence-corrected chi connectivity index (χ0v) is 21.0. The summed E-state index contributed by atoms with van der Waals surface area (Å²) in [5.41, 5.74) is 1.24. The van der Waals surface area contributed by atoms with Crippen molar-refractivity contribution in [3.8, 4) is 0 Å². The Morgan fingerprint density at radius 3 is 2.74 bits per heavy atom. The fraction of sp³-hybridized carbons (Fsp3) is 0.522. The Labute approximate surface area is 202 Å². The largest absolute Gasteiger partial charge is 0.354 e. The number of carbonyl (C=O) groups excluding carboxylic acids is 1. The van der Waals surface area contributed by atoms with Crippen molar-refractivity contribution in [2.24, 2.45) is 10.9 Å². The van der Waals surface area contributed by atoms with Gasteiger partial charge in [0.2, 0.25) is 5.91 Å². The average Bonchev–Trinajstić information content (AvgIpc) is 3.18. The lowest BCUT2D eigenvalue weighted by Gasteiger charge is -2.30. The van der Waals surface area contributed by atoms with E-state index in [9.17, 15) is 4.79 Å². The topological polar surface area (TPSA) is 83.3 Å². The molecule has 0 spiro atoms. The minimum atomic E-state index is 0. The molecule has 31 heavy (non-hydrogen) atoms. The van der Waals surface area contributed by atoms with Crippen LogP contribution in [-0.2, 0) is 17.9 Å². The summed E-state index contributed by atoms with van der Waals surface area (Å²) in [4.78, 5) is 21.2. The van der Waals surface area contributed by atoms with E-state index in [2.05, 4.69) is 54.8 Å². The van der Waals surface area contributed by atoms with Crippen molar-refractivity contribution in [2.75, 3.05) is 7.05 Å². The second-order valence-corrected chi connectivity index (χ2v) is 8.25. The van der Waals surface area contributed by atoms with Gasteiger partial charge in [-0.2, -0.15) is 0 Å². The first-order chi connectivity index (χ1) is 14.5. The molecule has 0 saturated heterocycles. The van der Waals surface area contributed by atoms with E-state index in [1.807, 2.05) is 32.3 Å². The highest BCUT2D eigenvalue weighted by Gasteiger charge is 2.28. The molecular weight excluding hydrogens is 503 g/mol. The van der Waals surface area contributed by atoms with Crippen LogP contribution in [0.25, 0.3) is 0 Å². The van der Waals surface area contributed by atoms with Crippen LogP contribution in [0.4, 0.5) is 0 Å².